The summed E-state index contributed by atoms with van der Waals surface area (Å²) in [5, 5.41) is 9.77. The minimum atomic E-state index is -0.389. The van der Waals surface area contributed by atoms with E-state index in [2.05, 4.69) is 0 Å². The van der Waals surface area contributed by atoms with E-state index in [1.54, 1.807) is 6.20 Å². The van der Waals surface area contributed by atoms with E-state index in [1.807, 2.05) is 16.7 Å². The molecule has 1 aliphatic rings. The van der Waals surface area contributed by atoms with E-state index in [0.717, 1.165) is 10.9 Å². The maximum atomic E-state index is 11.9. The van der Waals surface area contributed by atoms with Gasteiger partial charge in [0.2, 0.25) is 0 Å². The van der Waals surface area contributed by atoms with Crippen LogP contribution in [0.2, 0.25) is 0 Å². The molecule has 0 amide bonds. The Morgan fingerprint density at radius 2 is 2.05 bits per heavy atom. The van der Waals surface area contributed by atoms with Crippen LogP contribution in [-0.2, 0) is 11.3 Å². The van der Waals surface area contributed by atoms with Gasteiger partial charge in [-0.3, -0.25) is 0 Å². The summed E-state index contributed by atoms with van der Waals surface area (Å²) in [5.41, 5.74) is 1.36. The van der Waals surface area contributed by atoms with Gasteiger partial charge in [-0.2, -0.15) is 0 Å². The number of carbonyl (C=O) groups excluding carboxylic acids is 1. The summed E-state index contributed by atoms with van der Waals surface area (Å²) >= 11 is 0. The van der Waals surface area contributed by atoms with Crippen molar-refractivity contribution >= 4 is 16.9 Å². The van der Waals surface area contributed by atoms with E-state index in [9.17, 15) is 4.79 Å². The Kier molecular flexibility index (Phi) is 3.70. The number of carbonyl (C=O) groups is 1. The standard InChI is InChI=1S/C15H17NO5/c1-19-15(18)11-9-16(3-2-4-17)12-8-14-13(7-10(11)12)20-5-6-21-14/h7-9,17H,2-6H2,1H3. The van der Waals surface area contributed by atoms with Crippen LogP contribution >= 0.6 is 0 Å². The normalized spacial score (nSPS) is 13.4. The summed E-state index contributed by atoms with van der Waals surface area (Å²) in [7, 11) is 1.36. The highest BCUT2D eigenvalue weighted by Crippen LogP contribution is 2.36. The van der Waals surface area contributed by atoms with Crippen molar-refractivity contribution in [1.29, 1.82) is 0 Å². The highest BCUT2D eigenvalue weighted by atomic mass is 16.6. The number of hydrogen-bond donors (Lipinski definition) is 1. The molecule has 0 saturated carbocycles. The summed E-state index contributed by atoms with van der Waals surface area (Å²) < 4.78 is 17.9. The Labute approximate surface area is 121 Å². The van der Waals surface area contributed by atoms with Gasteiger partial charge in [0.25, 0.3) is 0 Å². The summed E-state index contributed by atoms with van der Waals surface area (Å²) in [6, 6.07) is 3.68. The third-order valence-electron chi connectivity index (χ3n) is 3.51. The average molecular weight is 291 g/mol. The number of aliphatic hydroxyl groups excluding tert-OH is 1. The molecule has 0 spiro atoms. The van der Waals surface area contributed by atoms with Crippen LogP contribution < -0.4 is 9.47 Å². The van der Waals surface area contributed by atoms with Crippen LogP contribution in [0.15, 0.2) is 18.3 Å². The van der Waals surface area contributed by atoms with Crippen molar-refractivity contribution in [2.75, 3.05) is 26.9 Å². The number of aryl methyl sites for hydroxylation is 1. The molecule has 6 heteroatoms. The van der Waals surface area contributed by atoms with Crippen LogP contribution in [0.1, 0.15) is 16.8 Å². The van der Waals surface area contributed by atoms with E-state index in [4.69, 9.17) is 19.3 Å². The molecule has 0 aliphatic carbocycles. The number of aliphatic hydroxyl groups is 1. The average Bonchev–Trinajstić information content (AvgIpc) is 2.87. The van der Waals surface area contributed by atoms with Crippen molar-refractivity contribution in [3.63, 3.8) is 0 Å². The fourth-order valence-electron chi connectivity index (χ4n) is 2.53. The molecule has 2 aromatic rings. The zero-order chi connectivity index (χ0) is 14.8. The number of ether oxygens (including phenoxy) is 3. The first-order valence-corrected chi connectivity index (χ1v) is 6.86. The summed E-state index contributed by atoms with van der Waals surface area (Å²) in [4.78, 5) is 11.9. The lowest BCUT2D eigenvalue weighted by atomic mass is 10.1. The molecule has 1 N–H and O–H groups in total. The molecule has 0 unspecified atom stereocenters. The maximum Gasteiger partial charge on any atom is 0.340 e. The van der Waals surface area contributed by atoms with E-state index in [1.165, 1.54) is 7.11 Å². The van der Waals surface area contributed by atoms with Crippen molar-refractivity contribution in [3.8, 4) is 11.5 Å². The molecule has 112 valence electrons. The van der Waals surface area contributed by atoms with Gasteiger partial charge in [0, 0.05) is 30.8 Å². The van der Waals surface area contributed by atoms with Gasteiger partial charge in [-0.15, -0.1) is 0 Å². The van der Waals surface area contributed by atoms with Crippen LogP contribution in [-0.4, -0.2) is 42.6 Å². The molecule has 2 heterocycles. The predicted octanol–water partition coefficient (Wildman–Crippen LogP) is 1.58. The van der Waals surface area contributed by atoms with Gasteiger partial charge >= 0.3 is 5.97 Å². The highest BCUT2D eigenvalue weighted by molar-refractivity contribution is 6.05. The second-order valence-electron chi connectivity index (χ2n) is 4.82. The Balaban J connectivity index is 2.15. The zero-order valence-electron chi connectivity index (χ0n) is 11.8. The third kappa shape index (κ3) is 2.42. The van der Waals surface area contributed by atoms with Crippen LogP contribution in [0.3, 0.4) is 0 Å². The molecule has 0 fully saturated rings. The molecule has 0 bridgehead atoms. The monoisotopic (exact) mass is 291 g/mol. The number of nitrogens with zero attached hydrogens (tertiary/aromatic N) is 1. The Hall–Kier alpha value is -2.21. The molecule has 0 saturated heterocycles. The quantitative estimate of drug-likeness (QED) is 0.866. The molecule has 1 aromatic heterocycles. The zero-order valence-corrected chi connectivity index (χ0v) is 11.8. The van der Waals surface area contributed by atoms with Gasteiger partial charge in [0.1, 0.15) is 13.2 Å². The van der Waals surface area contributed by atoms with E-state index < -0.39 is 0 Å². The van der Waals surface area contributed by atoms with Crippen LogP contribution in [0.25, 0.3) is 10.9 Å². The van der Waals surface area contributed by atoms with Crippen molar-refractivity contribution < 1.29 is 24.1 Å². The molecule has 0 radical (unpaired) electrons. The van der Waals surface area contributed by atoms with Gasteiger partial charge in [-0.25, -0.2) is 4.79 Å². The van der Waals surface area contributed by atoms with Gasteiger partial charge in [0.15, 0.2) is 11.5 Å². The van der Waals surface area contributed by atoms with Crippen LogP contribution in [0.5, 0.6) is 11.5 Å². The Morgan fingerprint density at radius 1 is 1.33 bits per heavy atom. The lowest BCUT2D eigenvalue weighted by Crippen LogP contribution is -2.15. The van der Waals surface area contributed by atoms with E-state index in [-0.39, 0.29) is 12.6 Å². The van der Waals surface area contributed by atoms with Crippen LogP contribution in [0, 0.1) is 0 Å². The first-order chi connectivity index (χ1) is 10.2. The highest BCUT2D eigenvalue weighted by Gasteiger charge is 2.20. The smallest absolute Gasteiger partial charge is 0.340 e. The number of esters is 1. The van der Waals surface area contributed by atoms with Crippen molar-refractivity contribution in [2.24, 2.45) is 0 Å². The number of benzene rings is 1. The third-order valence-corrected chi connectivity index (χ3v) is 3.51. The first kappa shape index (κ1) is 13.8. The van der Waals surface area contributed by atoms with E-state index >= 15 is 0 Å². The lowest BCUT2D eigenvalue weighted by Gasteiger charge is -2.18. The molecule has 21 heavy (non-hydrogen) atoms. The first-order valence-electron chi connectivity index (χ1n) is 6.86. The van der Waals surface area contributed by atoms with Crippen LogP contribution in [0.4, 0.5) is 0 Å². The molecule has 1 aromatic carbocycles. The SMILES string of the molecule is COC(=O)c1cn(CCCO)c2cc3c(cc12)OCCO3. The summed E-state index contributed by atoms with van der Waals surface area (Å²) in [6.07, 6.45) is 2.36. The second kappa shape index (κ2) is 5.65. The minimum absolute atomic E-state index is 0.0950. The second-order valence-corrected chi connectivity index (χ2v) is 4.82. The fourth-order valence-corrected chi connectivity index (χ4v) is 2.53. The number of fused-ring (bicyclic) bond motifs is 2. The molecule has 0 atom stereocenters. The molecule has 3 rings (SSSR count). The number of rotatable bonds is 4. The molecular weight excluding hydrogens is 274 g/mol. The fraction of sp³-hybridized carbons (Fsp3) is 0.400. The van der Waals surface area contributed by atoms with Crippen molar-refractivity contribution in [2.45, 2.75) is 13.0 Å². The maximum absolute atomic E-state index is 11.9. The Bertz CT molecular complexity index is 676. The number of hydrogen-bond acceptors (Lipinski definition) is 5. The van der Waals surface area contributed by atoms with Gasteiger partial charge < -0.3 is 23.9 Å². The van der Waals surface area contributed by atoms with Gasteiger partial charge in [-0.05, 0) is 12.5 Å². The number of aromatic nitrogens is 1. The predicted molar refractivity (Wildman–Crippen MR) is 76.0 cm³/mol. The minimum Gasteiger partial charge on any atom is -0.486 e. The summed E-state index contributed by atoms with van der Waals surface area (Å²) in [5.74, 6) is 0.923. The van der Waals surface area contributed by atoms with E-state index in [0.29, 0.717) is 43.2 Å². The molecule has 6 nitrogen and oxygen atoms in total. The van der Waals surface area contributed by atoms with Crippen molar-refractivity contribution in [1.82, 2.24) is 4.57 Å². The largest absolute Gasteiger partial charge is 0.486 e. The lowest BCUT2D eigenvalue weighted by molar-refractivity contribution is 0.0602. The van der Waals surface area contributed by atoms with Gasteiger partial charge in [0.05, 0.1) is 18.2 Å². The van der Waals surface area contributed by atoms with Gasteiger partial charge in [-0.1, -0.05) is 0 Å². The van der Waals surface area contributed by atoms with Crippen molar-refractivity contribution in [3.05, 3.63) is 23.9 Å². The summed E-state index contributed by atoms with van der Waals surface area (Å²) in [6.45, 7) is 1.72. The topological polar surface area (TPSA) is 69.9 Å². The Morgan fingerprint density at radius 3 is 2.71 bits per heavy atom. The number of methoxy groups -OCH3 is 1. The molecular formula is C15H17NO5. The molecule has 1 aliphatic heterocycles.